The molecule has 2 aromatic heterocycles. The Kier molecular flexibility index (Phi) is 6.79. The molecule has 2 aromatic carbocycles. The summed E-state index contributed by atoms with van der Waals surface area (Å²) in [6.45, 7) is 3.75. The maximum Gasteiger partial charge on any atom is 0.178 e. The number of nitrogens with one attached hydrogen (secondary N) is 1. The number of aromatic nitrogens is 1. The van der Waals surface area contributed by atoms with Gasteiger partial charge >= 0.3 is 0 Å². The van der Waals surface area contributed by atoms with Crippen LogP contribution in [0.1, 0.15) is 17.5 Å². The lowest BCUT2D eigenvalue weighted by atomic mass is 10.1. The highest BCUT2D eigenvalue weighted by Gasteiger charge is 2.12. The van der Waals surface area contributed by atoms with Gasteiger partial charge in [0.05, 0.1) is 0 Å². The topological polar surface area (TPSA) is 67.5 Å². The first-order valence-corrected chi connectivity index (χ1v) is 11.1. The van der Waals surface area contributed by atoms with E-state index in [9.17, 15) is 5.11 Å². The number of hydrogen-bond acceptors (Lipinski definition) is 6. The average Bonchev–Trinajstić information content (AvgIpc) is 3.36. The van der Waals surface area contributed by atoms with Gasteiger partial charge in [0.25, 0.3) is 0 Å². The number of aryl methyl sites for hydroxylation is 2. The van der Waals surface area contributed by atoms with Gasteiger partial charge in [-0.25, -0.2) is 0 Å². The lowest BCUT2D eigenvalue weighted by Crippen LogP contribution is -2.32. The van der Waals surface area contributed by atoms with Gasteiger partial charge < -0.3 is 19.7 Å². The molecule has 1 unspecified atom stereocenters. The number of fused-ring (bicyclic) bond motifs is 1. The van der Waals surface area contributed by atoms with E-state index in [0.717, 1.165) is 46.7 Å². The second-order valence-corrected chi connectivity index (χ2v) is 8.35. The zero-order chi connectivity index (χ0) is 20.8. The van der Waals surface area contributed by atoms with Crippen LogP contribution >= 0.6 is 11.3 Å². The lowest BCUT2D eigenvalue weighted by molar-refractivity contribution is 0.106. The van der Waals surface area contributed by atoms with E-state index in [0.29, 0.717) is 6.54 Å². The quantitative estimate of drug-likeness (QED) is 0.359. The largest absolute Gasteiger partial charge is 0.491 e. The number of benzene rings is 2. The lowest BCUT2D eigenvalue weighted by Gasteiger charge is -2.13. The van der Waals surface area contributed by atoms with Gasteiger partial charge in [-0.05, 0) is 67.6 Å². The van der Waals surface area contributed by atoms with E-state index in [-0.39, 0.29) is 6.61 Å². The van der Waals surface area contributed by atoms with E-state index in [1.54, 1.807) is 11.3 Å². The fraction of sp³-hybridized carbons (Fsp3) is 0.292. The predicted molar refractivity (Wildman–Crippen MR) is 121 cm³/mol. The summed E-state index contributed by atoms with van der Waals surface area (Å²) in [7, 11) is 0. The van der Waals surface area contributed by atoms with Crippen molar-refractivity contribution >= 4 is 21.6 Å². The minimum absolute atomic E-state index is 0.253. The Morgan fingerprint density at radius 2 is 2.03 bits per heavy atom. The van der Waals surface area contributed by atoms with Crippen LogP contribution in [0.15, 0.2) is 64.5 Å². The third-order valence-electron chi connectivity index (χ3n) is 4.93. The van der Waals surface area contributed by atoms with Crippen LogP contribution in [0.5, 0.6) is 5.75 Å². The molecule has 2 N–H and O–H groups in total. The molecule has 4 rings (SSSR count). The molecule has 0 aliphatic carbocycles. The Morgan fingerprint density at radius 1 is 1.17 bits per heavy atom. The van der Waals surface area contributed by atoms with Crippen LogP contribution in [-0.4, -0.2) is 36.1 Å². The molecule has 0 radical (unpaired) electrons. The molecule has 1 atom stereocenters. The first kappa shape index (κ1) is 20.6. The van der Waals surface area contributed by atoms with Gasteiger partial charge in [-0.1, -0.05) is 35.0 Å². The second kappa shape index (κ2) is 9.89. The molecule has 30 heavy (non-hydrogen) atoms. The van der Waals surface area contributed by atoms with E-state index in [4.69, 9.17) is 9.26 Å². The molecule has 0 spiro atoms. The van der Waals surface area contributed by atoms with E-state index in [2.05, 4.69) is 41.7 Å². The molecule has 156 valence electrons. The molecular formula is C24H26N2O3S. The van der Waals surface area contributed by atoms with Crippen molar-refractivity contribution in [3.05, 3.63) is 71.1 Å². The molecule has 2 heterocycles. The highest BCUT2D eigenvalue weighted by molar-refractivity contribution is 7.17. The number of thiophene rings is 1. The molecular weight excluding hydrogens is 396 g/mol. The van der Waals surface area contributed by atoms with Crippen molar-refractivity contribution in [3.63, 3.8) is 0 Å². The minimum atomic E-state index is -0.551. The van der Waals surface area contributed by atoms with Gasteiger partial charge in [-0.15, -0.1) is 11.3 Å². The Hall–Kier alpha value is -2.67. The van der Waals surface area contributed by atoms with Crippen molar-refractivity contribution in [1.29, 1.82) is 0 Å². The van der Waals surface area contributed by atoms with Crippen LogP contribution in [0.4, 0.5) is 0 Å². The zero-order valence-corrected chi connectivity index (χ0v) is 17.8. The maximum absolute atomic E-state index is 10.2. The third-order valence-corrected chi connectivity index (χ3v) is 5.83. The number of aliphatic hydroxyl groups is 1. The smallest absolute Gasteiger partial charge is 0.178 e. The average molecular weight is 423 g/mol. The summed E-state index contributed by atoms with van der Waals surface area (Å²) in [6.07, 6.45) is 1.53. The van der Waals surface area contributed by atoms with E-state index < -0.39 is 6.10 Å². The molecule has 6 heteroatoms. The summed E-state index contributed by atoms with van der Waals surface area (Å²) in [4.78, 5) is 0. The van der Waals surface area contributed by atoms with Crippen molar-refractivity contribution < 1.29 is 14.4 Å². The number of rotatable bonds is 10. The van der Waals surface area contributed by atoms with Crippen LogP contribution in [-0.2, 0) is 6.42 Å². The van der Waals surface area contributed by atoms with Gasteiger partial charge in [0.2, 0.25) is 0 Å². The monoisotopic (exact) mass is 422 g/mol. The Labute approximate surface area is 180 Å². The predicted octanol–water partition coefficient (Wildman–Crippen LogP) is 4.83. The van der Waals surface area contributed by atoms with Crippen LogP contribution in [0.25, 0.3) is 21.5 Å². The molecule has 0 saturated heterocycles. The van der Waals surface area contributed by atoms with Crippen molar-refractivity contribution in [1.82, 2.24) is 10.5 Å². The summed E-state index contributed by atoms with van der Waals surface area (Å²) in [5, 5.41) is 19.6. The van der Waals surface area contributed by atoms with Gasteiger partial charge in [-0.3, -0.25) is 0 Å². The third kappa shape index (κ3) is 5.27. The molecule has 0 aliphatic rings. The van der Waals surface area contributed by atoms with E-state index in [1.807, 2.05) is 35.7 Å². The Balaban J connectivity index is 1.17. The van der Waals surface area contributed by atoms with Crippen molar-refractivity contribution in [2.24, 2.45) is 0 Å². The minimum Gasteiger partial charge on any atom is -0.491 e. The van der Waals surface area contributed by atoms with Gasteiger partial charge in [-0.2, -0.15) is 0 Å². The SMILES string of the molecule is Cc1cccc(CCCNCC(O)COc2ccc(-c3noc4ccsc34)cc2)c1. The maximum atomic E-state index is 10.2. The highest BCUT2D eigenvalue weighted by atomic mass is 32.1. The Bertz CT molecular complexity index is 1070. The highest BCUT2D eigenvalue weighted by Crippen LogP contribution is 2.32. The molecule has 0 fully saturated rings. The van der Waals surface area contributed by atoms with Crippen molar-refractivity contribution in [2.75, 3.05) is 19.7 Å². The van der Waals surface area contributed by atoms with E-state index >= 15 is 0 Å². The molecule has 4 aromatic rings. The number of hydrogen-bond donors (Lipinski definition) is 2. The summed E-state index contributed by atoms with van der Waals surface area (Å²) >= 11 is 1.62. The molecule has 0 aliphatic heterocycles. The van der Waals surface area contributed by atoms with Gasteiger partial charge in [0.1, 0.15) is 28.9 Å². The zero-order valence-electron chi connectivity index (χ0n) is 17.0. The summed E-state index contributed by atoms with van der Waals surface area (Å²) < 4.78 is 12.1. The first-order chi connectivity index (χ1) is 14.7. The summed E-state index contributed by atoms with van der Waals surface area (Å²) in [5.41, 5.74) is 5.29. The van der Waals surface area contributed by atoms with Crippen molar-refractivity contribution in [3.8, 4) is 17.0 Å². The molecule has 0 bridgehead atoms. The molecule has 5 nitrogen and oxygen atoms in total. The van der Waals surface area contributed by atoms with Crippen molar-refractivity contribution in [2.45, 2.75) is 25.9 Å². The number of nitrogens with zero attached hydrogens (tertiary/aromatic N) is 1. The Morgan fingerprint density at radius 3 is 2.87 bits per heavy atom. The fourth-order valence-corrected chi connectivity index (χ4v) is 4.19. The molecule has 0 amide bonds. The number of ether oxygens (including phenoxy) is 1. The standard InChI is InChI=1S/C24H26N2O3S/c1-17-4-2-5-18(14-17)6-3-12-25-15-20(27)16-28-21-9-7-19(8-10-21)23-24-22(29-26-23)11-13-30-24/h2,4-5,7-11,13-14,20,25,27H,3,6,12,15-16H2,1H3. The number of aliphatic hydroxyl groups excluding tert-OH is 1. The summed E-state index contributed by atoms with van der Waals surface area (Å²) in [5.74, 6) is 0.725. The van der Waals surface area contributed by atoms with Gasteiger partial charge in [0, 0.05) is 12.1 Å². The van der Waals surface area contributed by atoms with Crippen LogP contribution in [0, 0.1) is 6.92 Å². The van der Waals surface area contributed by atoms with Crippen LogP contribution in [0.3, 0.4) is 0 Å². The van der Waals surface area contributed by atoms with E-state index in [1.165, 1.54) is 11.1 Å². The van der Waals surface area contributed by atoms with Crippen LogP contribution in [0.2, 0.25) is 0 Å². The second-order valence-electron chi connectivity index (χ2n) is 7.43. The normalized spacial score (nSPS) is 12.3. The van der Waals surface area contributed by atoms with Crippen LogP contribution < -0.4 is 10.1 Å². The summed E-state index contributed by atoms with van der Waals surface area (Å²) in [6, 6.07) is 18.2. The fourth-order valence-electron chi connectivity index (χ4n) is 3.38. The molecule has 0 saturated carbocycles. The first-order valence-electron chi connectivity index (χ1n) is 10.2. The van der Waals surface area contributed by atoms with Gasteiger partial charge in [0.15, 0.2) is 5.58 Å².